The summed E-state index contributed by atoms with van der Waals surface area (Å²) in [6.45, 7) is 7.42. The molecular formula is C21H31N3O3S. The van der Waals surface area contributed by atoms with Crippen molar-refractivity contribution in [3.8, 4) is 5.75 Å². The van der Waals surface area contributed by atoms with Gasteiger partial charge in [-0.1, -0.05) is 12.1 Å². The van der Waals surface area contributed by atoms with E-state index < -0.39 is 10.0 Å². The van der Waals surface area contributed by atoms with E-state index >= 15 is 0 Å². The van der Waals surface area contributed by atoms with Crippen molar-refractivity contribution in [1.29, 1.82) is 0 Å². The zero-order chi connectivity index (χ0) is 20.3. The Morgan fingerprint density at radius 2 is 1.79 bits per heavy atom. The van der Waals surface area contributed by atoms with Crippen molar-refractivity contribution in [2.45, 2.75) is 51.3 Å². The molecule has 6 nitrogen and oxygen atoms in total. The summed E-state index contributed by atoms with van der Waals surface area (Å²) in [7, 11) is -1.68. The third-order valence-corrected chi connectivity index (χ3v) is 7.84. The maximum absolute atomic E-state index is 13.1. The van der Waals surface area contributed by atoms with Crippen LogP contribution in [0.25, 0.3) is 0 Å². The maximum Gasteiger partial charge on any atom is 0.246 e. The summed E-state index contributed by atoms with van der Waals surface area (Å²) in [6, 6.07) is 8.29. The van der Waals surface area contributed by atoms with Crippen LogP contribution in [-0.2, 0) is 23.5 Å². The highest BCUT2D eigenvalue weighted by Gasteiger charge is 2.33. The maximum atomic E-state index is 13.1. The fourth-order valence-electron chi connectivity index (χ4n) is 3.98. The number of aryl methyl sites for hydroxylation is 3. The molecule has 2 aromatic rings. The second kappa shape index (κ2) is 8.66. The highest BCUT2D eigenvalue weighted by molar-refractivity contribution is 7.89. The van der Waals surface area contributed by atoms with E-state index in [2.05, 4.69) is 17.2 Å². The molecule has 1 saturated heterocycles. The third kappa shape index (κ3) is 4.41. The lowest BCUT2D eigenvalue weighted by atomic mass is 9.91. The lowest BCUT2D eigenvalue weighted by molar-refractivity contribution is 0.263. The van der Waals surface area contributed by atoms with Crippen molar-refractivity contribution in [2.24, 2.45) is 13.0 Å². The average Bonchev–Trinajstić information content (AvgIpc) is 2.94. The summed E-state index contributed by atoms with van der Waals surface area (Å²) in [6.07, 6.45) is 3.93. The smallest absolute Gasteiger partial charge is 0.246 e. The van der Waals surface area contributed by atoms with Gasteiger partial charge in [0.1, 0.15) is 10.6 Å². The molecule has 0 atom stereocenters. The van der Waals surface area contributed by atoms with Gasteiger partial charge in [-0.25, -0.2) is 8.42 Å². The molecule has 0 amide bonds. The molecule has 0 N–H and O–H groups in total. The van der Waals surface area contributed by atoms with Crippen LogP contribution < -0.4 is 4.74 Å². The van der Waals surface area contributed by atoms with Crippen LogP contribution >= 0.6 is 0 Å². The van der Waals surface area contributed by atoms with Gasteiger partial charge in [-0.15, -0.1) is 0 Å². The summed E-state index contributed by atoms with van der Waals surface area (Å²) in [5.41, 5.74) is 2.59. The number of hydrogen-bond acceptors (Lipinski definition) is 4. The summed E-state index contributed by atoms with van der Waals surface area (Å²) >= 11 is 0. The SMILES string of the molecule is CCOc1ccc(CCC2CCN(S(=O)(=O)c3c(C)nn(C)c3C)CC2)cc1. The van der Waals surface area contributed by atoms with Crippen molar-refractivity contribution in [3.05, 3.63) is 41.2 Å². The van der Waals surface area contributed by atoms with Gasteiger partial charge >= 0.3 is 0 Å². The lowest BCUT2D eigenvalue weighted by Crippen LogP contribution is -2.39. The fraction of sp³-hybridized carbons (Fsp3) is 0.571. The minimum atomic E-state index is -3.47. The van der Waals surface area contributed by atoms with Gasteiger partial charge in [0.15, 0.2) is 0 Å². The van der Waals surface area contributed by atoms with Gasteiger partial charge in [0.25, 0.3) is 0 Å². The number of benzene rings is 1. The molecule has 0 saturated carbocycles. The van der Waals surface area contributed by atoms with Crippen molar-refractivity contribution in [1.82, 2.24) is 14.1 Å². The van der Waals surface area contributed by atoms with Gasteiger partial charge in [0.05, 0.1) is 18.0 Å². The van der Waals surface area contributed by atoms with E-state index in [1.165, 1.54) is 5.56 Å². The monoisotopic (exact) mass is 405 g/mol. The number of nitrogens with zero attached hydrogens (tertiary/aromatic N) is 3. The largest absolute Gasteiger partial charge is 0.494 e. The van der Waals surface area contributed by atoms with Crippen LogP contribution in [0.2, 0.25) is 0 Å². The first-order valence-corrected chi connectivity index (χ1v) is 11.5. The molecule has 1 aliphatic rings. The molecule has 1 aromatic carbocycles. The van der Waals surface area contributed by atoms with Gasteiger partial charge in [-0.05, 0) is 70.1 Å². The Morgan fingerprint density at radius 3 is 2.32 bits per heavy atom. The van der Waals surface area contributed by atoms with Crippen molar-refractivity contribution in [3.63, 3.8) is 0 Å². The van der Waals surface area contributed by atoms with Crippen LogP contribution in [0.3, 0.4) is 0 Å². The van der Waals surface area contributed by atoms with Crippen molar-refractivity contribution >= 4 is 10.0 Å². The minimum absolute atomic E-state index is 0.378. The van der Waals surface area contributed by atoms with Gasteiger partial charge in [-0.3, -0.25) is 4.68 Å². The number of rotatable bonds is 7. The van der Waals surface area contributed by atoms with E-state index in [1.54, 1.807) is 23.0 Å². The Kier molecular flexibility index (Phi) is 6.45. The van der Waals surface area contributed by atoms with E-state index in [4.69, 9.17) is 4.74 Å². The van der Waals surface area contributed by atoms with Crippen LogP contribution in [0, 0.1) is 19.8 Å². The second-order valence-electron chi connectivity index (χ2n) is 7.59. The normalized spacial score (nSPS) is 16.4. The van der Waals surface area contributed by atoms with E-state index in [0.717, 1.165) is 31.4 Å². The molecule has 28 heavy (non-hydrogen) atoms. The Bertz CT molecular complexity index is 896. The van der Waals surface area contributed by atoms with E-state index in [1.807, 2.05) is 26.0 Å². The molecule has 154 valence electrons. The predicted octanol–water partition coefficient (Wildman–Crippen LogP) is 3.47. The van der Waals surface area contributed by atoms with E-state index in [0.29, 0.717) is 41.9 Å². The topological polar surface area (TPSA) is 64.4 Å². The van der Waals surface area contributed by atoms with Gasteiger partial charge in [0.2, 0.25) is 10.0 Å². The Labute approximate surface area is 168 Å². The van der Waals surface area contributed by atoms with Gasteiger partial charge in [-0.2, -0.15) is 9.40 Å². The molecule has 1 aliphatic heterocycles. The molecule has 1 fully saturated rings. The molecule has 2 heterocycles. The number of sulfonamides is 1. The predicted molar refractivity (Wildman–Crippen MR) is 110 cm³/mol. The first-order chi connectivity index (χ1) is 13.3. The molecule has 3 rings (SSSR count). The average molecular weight is 406 g/mol. The summed E-state index contributed by atoms with van der Waals surface area (Å²) < 4.78 is 34.9. The highest BCUT2D eigenvalue weighted by atomic mass is 32.2. The lowest BCUT2D eigenvalue weighted by Gasteiger charge is -2.31. The van der Waals surface area contributed by atoms with Crippen LogP contribution in [0.5, 0.6) is 5.75 Å². The van der Waals surface area contributed by atoms with Crippen molar-refractivity contribution < 1.29 is 13.2 Å². The van der Waals surface area contributed by atoms with Crippen LogP contribution in [0.1, 0.15) is 43.1 Å². The molecule has 0 spiro atoms. The van der Waals surface area contributed by atoms with Crippen LogP contribution in [0.15, 0.2) is 29.2 Å². The Morgan fingerprint density at radius 1 is 1.14 bits per heavy atom. The van der Waals surface area contributed by atoms with Gasteiger partial charge < -0.3 is 4.74 Å². The first-order valence-electron chi connectivity index (χ1n) is 10.0. The Balaban J connectivity index is 1.55. The van der Waals surface area contributed by atoms with Crippen LogP contribution in [-0.4, -0.2) is 42.2 Å². The highest BCUT2D eigenvalue weighted by Crippen LogP contribution is 2.29. The van der Waals surface area contributed by atoms with Crippen molar-refractivity contribution in [2.75, 3.05) is 19.7 Å². The molecule has 1 aromatic heterocycles. The molecule has 0 radical (unpaired) electrons. The number of piperidine rings is 1. The molecule has 0 unspecified atom stereocenters. The molecular weight excluding hydrogens is 374 g/mol. The molecule has 0 bridgehead atoms. The fourth-order valence-corrected chi connectivity index (χ4v) is 5.85. The van der Waals surface area contributed by atoms with E-state index in [-0.39, 0.29) is 0 Å². The zero-order valence-electron chi connectivity index (χ0n) is 17.3. The zero-order valence-corrected chi connectivity index (χ0v) is 18.1. The third-order valence-electron chi connectivity index (χ3n) is 5.69. The Hall–Kier alpha value is -1.86. The summed E-state index contributed by atoms with van der Waals surface area (Å²) in [4.78, 5) is 0.378. The van der Waals surface area contributed by atoms with Crippen LogP contribution in [0.4, 0.5) is 0 Å². The van der Waals surface area contributed by atoms with E-state index in [9.17, 15) is 8.42 Å². The minimum Gasteiger partial charge on any atom is -0.494 e. The molecule has 0 aliphatic carbocycles. The second-order valence-corrected chi connectivity index (χ2v) is 9.46. The molecule has 7 heteroatoms. The quantitative estimate of drug-likeness (QED) is 0.708. The standard InChI is InChI=1S/C21H31N3O3S/c1-5-27-20-10-8-18(9-11-20)6-7-19-12-14-24(15-13-19)28(25,26)21-16(2)22-23(4)17(21)3/h8-11,19H,5-7,12-15H2,1-4H3. The first kappa shape index (κ1) is 20.9. The number of ether oxygens (including phenoxy) is 1. The van der Waals surface area contributed by atoms with Gasteiger partial charge in [0, 0.05) is 20.1 Å². The number of hydrogen-bond donors (Lipinski definition) is 0. The number of aromatic nitrogens is 2. The summed E-state index contributed by atoms with van der Waals surface area (Å²) in [5, 5.41) is 4.27. The summed E-state index contributed by atoms with van der Waals surface area (Å²) in [5.74, 6) is 1.47.